The summed E-state index contributed by atoms with van der Waals surface area (Å²) in [7, 11) is 1.65. The molecule has 0 radical (unpaired) electrons. The van der Waals surface area contributed by atoms with E-state index in [9.17, 15) is 4.79 Å². The predicted molar refractivity (Wildman–Crippen MR) is 116 cm³/mol. The molecular formula is C22H21BrN4O2. The van der Waals surface area contributed by atoms with Crippen LogP contribution >= 0.6 is 15.9 Å². The Morgan fingerprint density at radius 1 is 1.00 bits per heavy atom. The molecule has 1 aliphatic rings. The summed E-state index contributed by atoms with van der Waals surface area (Å²) in [5.41, 5.74) is 2.58. The van der Waals surface area contributed by atoms with Gasteiger partial charge in [-0.1, -0.05) is 22.0 Å². The molecule has 7 heteroatoms. The molecule has 2 aromatic carbocycles. The molecular weight excluding hydrogens is 432 g/mol. The molecule has 148 valence electrons. The zero-order chi connectivity index (χ0) is 20.2. The van der Waals surface area contributed by atoms with Gasteiger partial charge in [-0.05, 0) is 42.5 Å². The summed E-state index contributed by atoms with van der Waals surface area (Å²) in [4.78, 5) is 25.7. The zero-order valence-corrected chi connectivity index (χ0v) is 17.7. The van der Waals surface area contributed by atoms with Crippen LogP contribution in [0, 0.1) is 0 Å². The minimum absolute atomic E-state index is 0.0626. The molecule has 0 saturated carbocycles. The Bertz CT molecular complexity index is 1000. The molecule has 1 aromatic heterocycles. The van der Waals surface area contributed by atoms with Crippen molar-refractivity contribution in [2.45, 2.75) is 0 Å². The average molecular weight is 453 g/mol. The third kappa shape index (κ3) is 4.40. The van der Waals surface area contributed by atoms with Gasteiger partial charge in [-0.25, -0.2) is 9.97 Å². The predicted octanol–water partition coefficient (Wildman–Crippen LogP) is 3.88. The molecule has 1 amide bonds. The number of methoxy groups -OCH3 is 1. The van der Waals surface area contributed by atoms with E-state index in [4.69, 9.17) is 4.74 Å². The molecule has 0 unspecified atom stereocenters. The fourth-order valence-corrected chi connectivity index (χ4v) is 3.78. The number of anilines is 1. The van der Waals surface area contributed by atoms with Crippen LogP contribution in [0.2, 0.25) is 0 Å². The van der Waals surface area contributed by atoms with Gasteiger partial charge >= 0.3 is 0 Å². The summed E-state index contributed by atoms with van der Waals surface area (Å²) in [5, 5.41) is 0. The smallest absolute Gasteiger partial charge is 0.254 e. The van der Waals surface area contributed by atoms with Crippen LogP contribution in [0.1, 0.15) is 10.4 Å². The standard InChI is InChI=1S/C22H21BrN4O2/c1-29-19-7-5-16(6-8-19)20-14-21(25-15-24-20)26-9-11-27(12-10-26)22(28)17-3-2-4-18(23)13-17/h2-8,13-15H,9-12H2,1H3. The third-order valence-electron chi connectivity index (χ3n) is 5.00. The Labute approximate surface area is 178 Å². The SMILES string of the molecule is COc1ccc(-c2cc(N3CCN(C(=O)c4cccc(Br)c4)CC3)ncn2)cc1. The summed E-state index contributed by atoms with van der Waals surface area (Å²) < 4.78 is 6.13. The first kappa shape index (κ1) is 19.4. The van der Waals surface area contributed by atoms with Crippen molar-refractivity contribution >= 4 is 27.7 Å². The van der Waals surface area contributed by atoms with Crippen molar-refractivity contribution in [1.29, 1.82) is 0 Å². The molecule has 1 fully saturated rings. The zero-order valence-electron chi connectivity index (χ0n) is 16.1. The van der Waals surface area contributed by atoms with E-state index in [1.807, 2.05) is 59.5 Å². The maximum absolute atomic E-state index is 12.7. The number of benzene rings is 2. The monoisotopic (exact) mass is 452 g/mol. The van der Waals surface area contributed by atoms with Gasteiger partial charge in [0.2, 0.25) is 0 Å². The summed E-state index contributed by atoms with van der Waals surface area (Å²) >= 11 is 3.43. The fraction of sp³-hybridized carbons (Fsp3) is 0.227. The van der Waals surface area contributed by atoms with E-state index in [0.29, 0.717) is 18.7 Å². The van der Waals surface area contributed by atoms with Gasteiger partial charge in [-0.2, -0.15) is 0 Å². The number of ether oxygens (including phenoxy) is 1. The molecule has 0 N–H and O–H groups in total. The molecule has 6 nitrogen and oxygen atoms in total. The Morgan fingerprint density at radius 2 is 1.76 bits per heavy atom. The fourth-order valence-electron chi connectivity index (χ4n) is 3.38. The van der Waals surface area contributed by atoms with Crippen LogP contribution in [0.5, 0.6) is 5.75 Å². The Balaban J connectivity index is 1.44. The van der Waals surface area contributed by atoms with Crippen LogP contribution in [0.3, 0.4) is 0 Å². The first-order chi connectivity index (χ1) is 14.1. The van der Waals surface area contributed by atoms with Gasteiger partial charge in [0, 0.05) is 47.8 Å². The van der Waals surface area contributed by atoms with Crippen molar-refractivity contribution < 1.29 is 9.53 Å². The van der Waals surface area contributed by atoms with Gasteiger partial charge in [0.1, 0.15) is 17.9 Å². The van der Waals surface area contributed by atoms with Gasteiger partial charge in [0.05, 0.1) is 12.8 Å². The molecule has 0 spiro atoms. The van der Waals surface area contributed by atoms with Crippen LogP contribution in [-0.2, 0) is 0 Å². The first-order valence-corrected chi connectivity index (χ1v) is 10.2. The van der Waals surface area contributed by atoms with Crippen molar-refractivity contribution in [3.05, 3.63) is 71.0 Å². The second-order valence-electron chi connectivity index (χ2n) is 6.78. The van der Waals surface area contributed by atoms with Crippen LogP contribution in [0.4, 0.5) is 5.82 Å². The number of aromatic nitrogens is 2. The molecule has 0 atom stereocenters. The first-order valence-electron chi connectivity index (χ1n) is 9.40. The number of nitrogens with zero attached hydrogens (tertiary/aromatic N) is 4. The normalized spacial score (nSPS) is 14.0. The molecule has 4 rings (SSSR count). The van der Waals surface area contributed by atoms with E-state index in [1.54, 1.807) is 13.4 Å². The minimum Gasteiger partial charge on any atom is -0.497 e. The Morgan fingerprint density at radius 3 is 2.45 bits per heavy atom. The number of hydrogen-bond donors (Lipinski definition) is 0. The number of piperazine rings is 1. The van der Waals surface area contributed by atoms with Gasteiger partial charge in [0.15, 0.2) is 0 Å². The van der Waals surface area contributed by atoms with Crippen LogP contribution in [-0.4, -0.2) is 54.1 Å². The van der Waals surface area contributed by atoms with E-state index in [-0.39, 0.29) is 5.91 Å². The number of amides is 1. The summed E-state index contributed by atoms with van der Waals surface area (Å²) in [6, 6.07) is 17.3. The highest BCUT2D eigenvalue weighted by molar-refractivity contribution is 9.10. The van der Waals surface area contributed by atoms with Crippen molar-refractivity contribution in [2.24, 2.45) is 0 Å². The minimum atomic E-state index is 0.0626. The van der Waals surface area contributed by atoms with E-state index in [0.717, 1.165) is 40.4 Å². The van der Waals surface area contributed by atoms with Crippen molar-refractivity contribution in [3.63, 3.8) is 0 Å². The summed E-state index contributed by atoms with van der Waals surface area (Å²) in [6.45, 7) is 2.79. The van der Waals surface area contributed by atoms with Crippen molar-refractivity contribution in [3.8, 4) is 17.0 Å². The van der Waals surface area contributed by atoms with Gasteiger partial charge in [-0.3, -0.25) is 4.79 Å². The maximum Gasteiger partial charge on any atom is 0.254 e. The summed E-state index contributed by atoms with van der Waals surface area (Å²) in [6.07, 6.45) is 1.59. The molecule has 0 aliphatic carbocycles. The highest BCUT2D eigenvalue weighted by atomic mass is 79.9. The van der Waals surface area contributed by atoms with E-state index < -0.39 is 0 Å². The average Bonchev–Trinajstić information content (AvgIpc) is 2.79. The van der Waals surface area contributed by atoms with E-state index in [1.165, 1.54) is 0 Å². The lowest BCUT2D eigenvalue weighted by atomic mass is 10.1. The van der Waals surface area contributed by atoms with E-state index >= 15 is 0 Å². The lowest BCUT2D eigenvalue weighted by Crippen LogP contribution is -2.49. The highest BCUT2D eigenvalue weighted by Gasteiger charge is 2.23. The number of rotatable bonds is 4. The lowest BCUT2D eigenvalue weighted by Gasteiger charge is -2.35. The molecule has 2 heterocycles. The molecule has 1 saturated heterocycles. The maximum atomic E-state index is 12.7. The largest absolute Gasteiger partial charge is 0.497 e. The second kappa shape index (κ2) is 8.61. The highest BCUT2D eigenvalue weighted by Crippen LogP contribution is 2.24. The number of hydrogen-bond acceptors (Lipinski definition) is 5. The van der Waals surface area contributed by atoms with Crippen LogP contribution < -0.4 is 9.64 Å². The van der Waals surface area contributed by atoms with Gasteiger partial charge in [0.25, 0.3) is 5.91 Å². The topological polar surface area (TPSA) is 58.6 Å². The molecule has 29 heavy (non-hydrogen) atoms. The summed E-state index contributed by atoms with van der Waals surface area (Å²) in [5.74, 6) is 1.75. The van der Waals surface area contributed by atoms with Gasteiger partial charge in [-0.15, -0.1) is 0 Å². The van der Waals surface area contributed by atoms with E-state index in [2.05, 4.69) is 30.8 Å². The number of carbonyl (C=O) groups is 1. The molecule has 1 aliphatic heterocycles. The van der Waals surface area contributed by atoms with Crippen molar-refractivity contribution in [1.82, 2.24) is 14.9 Å². The van der Waals surface area contributed by atoms with Gasteiger partial charge < -0.3 is 14.5 Å². The van der Waals surface area contributed by atoms with Crippen LogP contribution in [0.15, 0.2) is 65.4 Å². The number of halogens is 1. The lowest BCUT2D eigenvalue weighted by molar-refractivity contribution is 0.0746. The quantitative estimate of drug-likeness (QED) is 0.600. The van der Waals surface area contributed by atoms with Crippen molar-refractivity contribution in [2.75, 3.05) is 38.2 Å². The Hall–Kier alpha value is -2.93. The second-order valence-corrected chi connectivity index (χ2v) is 7.70. The number of carbonyl (C=O) groups excluding carboxylic acids is 1. The molecule has 3 aromatic rings. The Kier molecular flexibility index (Phi) is 5.76. The van der Waals surface area contributed by atoms with Crippen LogP contribution in [0.25, 0.3) is 11.3 Å². The third-order valence-corrected chi connectivity index (χ3v) is 5.49. The molecule has 0 bridgehead atoms.